The van der Waals surface area contributed by atoms with Gasteiger partial charge < -0.3 is 15.6 Å². The van der Waals surface area contributed by atoms with Gasteiger partial charge in [-0.1, -0.05) is 11.6 Å². The average molecular weight is 368 g/mol. The molecule has 1 aromatic carbocycles. The summed E-state index contributed by atoms with van der Waals surface area (Å²) in [5.74, 6) is 1.18. The Hall–Kier alpha value is -1.86. The molecule has 0 aliphatic carbocycles. The molecule has 0 radical (unpaired) electrons. The van der Waals surface area contributed by atoms with Crippen LogP contribution in [0.1, 0.15) is 6.92 Å². The zero-order valence-electron chi connectivity index (χ0n) is 11.1. The number of imidazole rings is 1. The zero-order chi connectivity index (χ0) is 14.8. The summed E-state index contributed by atoms with van der Waals surface area (Å²) in [5, 5.41) is 7.01. The highest BCUT2D eigenvalue weighted by Gasteiger charge is 2.11. The van der Waals surface area contributed by atoms with Crippen molar-refractivity contribution in [3.05, 3.63) is 34.0 Å². The van der Waals surface area contributed by atoms with Crippen LogP contribution in [0.25, 0.3) is 11.2 Å². The first-order valence-corrected chi connectivity index (χ1v) is 7.51. The van der Waals surface area contributed by atoms with Crippen molar-refractivity contribution >= 4 is 56.1 Å². The van der Waals surface area contributed by atoms with Gasteiger partial charge in [0.15, 0.2) is 11.5 Å². The Balaban J connectivity index is 2.04. The molecule has 0 atom stereocenters. The quantitative estimate of drug-likeness (QED) is 0.651. The minimum absolute atomic E-state index is 0.532. The Bertz CT molecular complexity index is 787. The number of nitrogens with zero attached hydrogens (tertiary/aromatic N) is 3. The third-order valence-electron chi connectivity index (χ3n) is 2.80. The molecule has 0 aliphatic heterocycles. The Labute approximate surface area is 134 Å². The van der Waals surface area contributed by atoms with Gasteiger partial charge >= 0.3 is 0 Å². The summed E-state index contributed by atoms with van der Waals surface area (Å²) >= 11 is 9.43. The molecule has 2 heterocycles. The largest absolute Gasteiger partial charge is 0.354 e. The van der Waals surface area contributed by atoms with Gasteiger partial charge in [-0.25, -0.2) is 4.98 Å². The van der Waals surface area contributed by atoms with E-state index in [-0.39, 0.29) is 0 Å². The molecular formula is C13H12BrClN6. The van der Waals surface area contributed by atoms with Gasteiger partial charge in [0.25, 0.3) is 0 Å². The van der Waals surface area contributed by atoms with E-state index in [2.05, 4.69) is 46.5 Å². The lowest BCUT2D eigenvalue weighted by molar-refractivity contribution is 1.10. The Morgan fingerprint density at radius 2 is 2.19 bits per heavy atom. The van der Waals surface area contributed by atoms with Crippen LogP contribution in [0.3, 0.4) is 0 Å². The first-order valence-electron chi connectivity index (χ1n) is 6.34. The Morgan fingerprint density at radius 3 is 2.95 bits per heavy atom. The van der Waals surface area contributed by atoms with E-state index >= 15 is 0 Å². The van der Waals surface area contributed by atoms with Crippen LogP contribution >= 0.6 is 27.5 Å². The molecule has 0 saturated carbocycles. The van der Waals surface area contributed by atoms with E-state index in [0.29, 0.717) is 22.4 Å². The molecule has 108 valence electrons. The van der Waals surface area contributed by atoms with E-state index in [1.54, 1.807) is 6.33 Å². The topological polar surface area (TPSA) is 78.5 Å². The summed E-state index contributed by atoms with van der Waals surface area (Å²) in [4.78, 5) is 16.0. The van der Waals surface area contributed by atoms with Crippen LogP contribution < -0.4 is 10.6 Å². The molecule has 0 fully saturated rings. The van der Waals surface area contributed by atoms with E-state index < -0.39 is 0 Å². The smallest absolute Gasteiger partial charge is 0.226 e. The van der Waals surface area contributed by atoms with Gasteiger partial charge in [-0.3, -0.25) is 0 Å². The van der Waals surface area contributed by atoms with E-state index in [9.17, 15) is 0 Å². The number of nitrogens with one attached hydrogen (secondary N) is 3. The van der Waals surface area contributed by atoms with Crippen molar-refractivity contribution in [1.82, 2.24) is 19.9 Å². The molecule has 3 rings (SSSR count). The average Bonchev–Trinajstić information content (AvgIpc) is 2.91. The summed E-state index contributed by atoms with van der Waals surface area (Å²) in [7, 11) is 0. The molecule has 3 N–H and O–H groups in total. The number of benzene rings is 1. The molecule has 3 aromatic rings. The van der Waals surface area contributed by atoms with Crippen LogP contribution in [-0.4, -0.2) is 26.5 Å². The third-order valence-corrected chi connectivity index (χ3v) is 3.70. The van der Waals surface area contributed by atoms with E-state index in [1.807, 2.05) is 25.1 Å². The second-order valence-corrected chi connectivity index (χ2v) is 5.57. The van der Waals surface area contributed by atoms with Crippen LogP contribution in [0.2, 0.25) is 5.02 Å². The molecule has 6 nitrogen and oxygen atoms in total. The van der Waals surface area contributed by atoms with Crippen LogP contribution in [0, 0.1) is 0 Å². The van der Waals surface area contributed by atoms with Gasteiger partial charge in [0.1, 0.15) is 5.52 Å². The second kappa shape index (κ2) is 5.87. The van der Waals surface area contributed by atoms with Crippen LogP contribution in [-0.2, 0) is 0 Å². The second-order valence-electron chi connectivity index (χ2n) is 4.28. The predicted octanol–water partition coefficient (Wildman–Crippen LogP) is 3.94. The Morgan fingerprint density at radius 1 is 1.33 bits per heavy atom. The lowest BCUT2D eigenvalue weighted by atomic mass is 10.3. The van der Waals surface area contributed by atoms with Gasteiger partial charge in [-0.15, -0.1) is 0 Å². The number of aromatic nitrogens is 4. The molecule has 0 amide bonds. The number of hydrogen-bond donors (Lipinski definition) is 3. The first kappa shape index (κ1) is 14.1. The number of fused-ring (bicyclic) bond motifs is 1. The van der Waals surface area contributed by atoms with Crippen molar-refractivity contribution in [1.29, 1.82) is 0 Å². The minimum Gasteiger partial charge on any atom is -0.354 e. The molecule has 0 spiro atoms. The highest BCUT2D eigenvalue weighted by molar-refractivity contribution is 9.10. The van der Waals surface area contributed by atoms with Crippen molar-refractivity contribution in [2.45, 2.75) is 6.92 Å². The fourth-order valence-corrected chi connectivity index (χ4v) is 2.66. The highest BCUT2D eigenvalue weighted by atomic mass is 79.9. The van der Waals surface area contributed by atoms with Gasteiger partial charge in [0.05, 0.1) is 12.0 Å². The molecule has 0 unspecified atom stereocenters. The molecule has 0 saturated heterocycles. The summed E-state index contributed by atoms with van der Waals surface area (Å²) in [6, 6.07) is 5.51. The molecule has 0 aliphatic rings. The maximum atomic E-state index is 5.95. The van der Waals surface area contributed by atoms with Gasteiger partial charge in [-0.2, -0.15) is 9.97 Å². The van der Waals surface area contributed by atoms with Crippen molar-refractivity contribution in [3.63, 3.8) is 0 Å². The first-order chi connectivity index (χ1) is 10.2. The fourth-order valence-electron chi connectivity index (χ4n) is 1.88. The van der Waals surface area contributed by atoms with Crippen molar-refractivity contribution in [2.24, 2.45) is 0 Å². The number of H-pyrrole nitrogens is 1. The number of halogens is 2. The number of rotatable bonds is 4. The summed E-state index contributed by atoms with van der Waals surface area (Å²) in [5.41, 5.74) is 2.21. The molecule has 2 aromatic heterocycles. The van der Waals surface area contributed by atoms with Crippen molar-refractivity contribution < 1.29 is 0 Å². The normalized spacial score (nSPS) is 10.8. The maximum absolute atomic E-state index is 5.95. The van der Waals surface area contributed by atoms with Crippen LogP contribution in [0.5, 0.6) is 0 Å². The lowest BCUT2D eigenvalue weighted by Crippen LogP contribution is -2.05. The zero-order valence-corrected chi connectivity index (χ0v) is 13.5. The van der Waals surface area contributed by atoms with Gasteiger partial charge in [-0.05, 0) is 41.1 Å². The monoisotopic (exact) mass is 366 g/mol. The van der Waals surface area contributed by atoms with E-state index in [1.165, 1.54) is 0 Å². The van der Waals surface area contributed by atoms with Crippen molar-refractivity contribution in [2.75, 3.05) is 17.2 Å². The minimum atomic E-state index is 0.532. The lowest BCUT2D eigenvalue weighted by Gasteiger charge is -2.10. The number of anilines is 3. The molecule has 0 bridgehead atoms. The predicted molar refractivity (Wildman–Crippen MR) is 88.3 cm³/mol. The molecule has 8 heteroatoms. The summed E-state index contributed by atoms with van der Waals surface area (Å²) in [6.45, 7) is 2.72. The third kappa shape index (κ3) is 2.93. The molecular weight excluding hydrogens is 356 g/mol. The highest BCUT2D eigenvalue weighted by Crippen LogP contribution is 2.30. The summed E-state index contributed by atoms with van der Waals surface area (Å²) < 4.78 is 0.853. The van der Waals surface area contributed by atoms with Gasteiger partial charge in [0, 0.05) is 16.0 Å². The van der Waals surface area contributed by atoms with E-state index in [4.69, 9.17) is 11.6 Å². The number of aromatic amines is 1. The standard InChI is InChI=1S/C13H12BrClN6/c1-2-16-13-20-11-10(17-6-18-11)12(21-13)19-9-4-3-7(15)5-8(9)14/h3-6H,2H2,1H3,(H3,16,17,18,19,20,21). The Kier molecular flexibility index (Phi) is 3.94. The van der Waals surface area contributed by atoms with Crippen LogP contribution in [0.15, 0.2) is 29.0 Å². The SMILES string of the molecule is CCNc1nc(Nc2ccc(Cl)cc2Br)c2[nH]cnc2n1. The molecule has 21 heavy (non-hydrogen) atoms. The maximum Gasteiger partial charge on any atom is 0.226 e. The van der Waals surface area contributed by atoms with E-state index in [0.717, 1.165) is 22.2 Å². The number of hydrogen-bond acceptors (Lipinski definition) is 5. The van der Waals surface area contributed by atoms with Crippen molar-refractivity contribution in [3.8, 4) is 0 Å². The summed E-state index contributed by atoms with van der Waals surface area (Å²) in [6.07, 6.45) is 1.59. The van der Waals surface area contributed by atoms with Gasteiger partial charge in [0.2, 0.25) is 5.95 Å². The van der Waals surface area contributed by atoms with Crippen LogP contribution in [0.4, 0.5) is 17.5 Å². The fraction of sp³-hybridized carbons (Fsp3) is 0.154.